The predicted octanol–water partition coefficient (Wildman–Crippen LogP) is 0.640. The number of rotatable bonds is 1. The topological polar surface area (TPSA) is 58.8 Å². The van der Waals surface area contributed by atoms with Crippen LogP contribution in [0.25, 0.3) is 0 Å². The van der Waals surface area contributed by atoms with Crippen molar-refractivity contribution in [2.75, 3.05) is 33.3 Å². The van der Waals surface area contributed by atoms with Crippen LogP contribution in [0.3, 0.4) is 0 Å². The molecule has 0 aromatic carbocycles. The van der Waals surface area contributed by atoms with E-state index in [2.05, 4.69) is 4.90 Å². The Hall–Kier alpha value is -0.810. The molecule has 1 amide bonds. The van der Waals surface area contributed by atoms with E-state index in [1.54, 1.807) is 4.90 Å². The first-order valence-corrected chi connectivity index (χ1v) is 6.53. The van der Waals surface area contributed by atoms with Gasteiger partial charge in [-0.2, -0.15) is 0 Å². The molecule has 0 aromatic rings. The van der Waals surface area contributed by atoms with Crippen molar-refractivity contribution in [2.24, 2.45) is 5.73 Å². The molecule has 0 spiro atoms. The molecule has 5 nitrogen and oxygen atoms in total. The van der Waals surface area contributed by atoms with Crippen LogP contribution in [0.4, 0.5) is 4.79 Å². The van der Waals surface area contributed by atoms with Gasteiger partial charge in [0, 0.05) is 25.2 Å². The maximum absolute atomic E-state index is 11.4. The molecule has 0 saturated carbocycles. The van der Waals surface area contributed by atoms with E-state index in [1.807, 2.05) is 0 Å². The highest BCUT2D eigenvalue weighted by molar-refractivity contribution is 5.67. The fraction of sp³-hybridized carbons (Fsp3) is 0.917. The van der Waals surface area contributed by atoms with E-state index in [1.165, 1.54) is 7.11 Å². The smallest absolute Gasteiger partial charge is 0.409 e. The van der Waals surface area contributed by atoms with E-state index < -0.39 is 0 Å². The van der Waals surface area contributed by atoms with Gasteiger partial charge in [0.25, 0.3) is 0 Å². The molecule has 2 rings (SSSR count). The number of likely N-dealkylation sites (tertiary alicyclic amines) is 2. The van der Waals surface area contributed by atoms with Crippen molar-refractivity contribution in [3.05, 3.63) is 0 Å². The van der Waals surface area contributed by atoms with E-state index in [9.17, 15) is 4.79 Å². The van der Waals surface area contributed by atoms with E-state index in [-0.39, 0.29) is 6.09 Å². The third-order valence-electron chi connectivity index (χ3n) is 3.99. The van der Waals surface area contributed by atoms with Gasteiger partial charge < -0.3 is 20.3 Å². The molecule has 98 valence electrons. The molecule has 0 bridgehead atoms. The highest BCUT2D eigenvalue weighted by atomic mass is 16.5. The minimum absolute atomic E-state index is 0.191. The summed E-state index contributed by atoms with van der Waals surface area (Å²) in [6.45, 7) is 3.87. The van der Waals surface area contributed by atoms with Gasteiger partial charge in [-0.3, -0.25) is 0 Å². The van der Waals surface area contributed by atoms with Crippen LogP contribution in [0, 0.1) is 0 Å². The van der Waals surface area contributed by atoms with Gasteiger partial charge in [0.15, 0.2) is 0 Å². The number of hydrogen-bond donors (Lipinski definition) is 1. The molecular formula is C12H23N3O2. The molecule has 2 aliphatic rings. The number of methoxy groups -OCH3 is 1. The standard InChI is InChI=1S/C12H23N3O2/c1-17-12(16)15-8-4-11(5-9-15)14-6-2-10(13)3-7-14/h10-11H,2-9,13H2,1H3. The fourth-order valence-electron chi connectivity index (χ4n) is 2.83. The van der Waals surface area contributed by atoms with Crippen LogP contribution < -0.4 is 5.73 Å². The van der Waals surface area contributed by atoms with Crippen molar-refractivity contribution in [1.29, 1.82) is 0 Å². The van der Waals surface area contributed by atoms with Gasteiger partial charge in [-0.1, -0.05) is 0 Å². The minimum Gasteiger partial charge on any atom is -0.453 e. The van der Waals surface area contributed by atoms with Crippen LogP contribution in [-0.2, 0) is 4.74 Å². The van der Waals surface area contributed by atoms with Crippen LogP contribution in [0.15, 0.2) is 0 Å². The molecule has 2 heterocycles. The molecule has 2 aliphatic heterocycles. The third kappa shape index (κ3) is 3.10. The summed E-state index contributed by atoms with van der Waals surface area (Å²) in [5, 5.41) is 0. The fourth-order valence-corrected chi connectivity index (χ4v) is 2.83. The number of hydrogen-bond acceptors (Lipinski definition) is 4. The largest absolute Gasteiger partial charge is 0.453 e. The van der Waals surface area contributed by atoms with Crippen LogP contribution >= 0.6 is 0 Å². The van der Waals surface area contributed by atoms with Gasteiger partial charge in [-0.25, -0.2) is 4.79 Å². The van der Waals surface area contributed by atoms with Crippen LogP contribution in [0.1, 0.15) is 25.7 Å². The molecular weight excluding hydrogens is 218 g/mol. The maximum atomic E-state index is 11.4. The lowest BCUT2D eigenvalue weighted by Crippen LogP contribution is -2.50. The summed E-state index contributed by atoms with van der Waals surface area (Å²) >= 11 is 0. The Balaban J connectivity index is 1.77. The van der Waals surface area contributed by atoms with Crippen molar-refractivity contribution in [1.82, 2.24) is 9.80 Å². The van der Waals surface area contributed by atoms with Gasteiger partial charge >= 0.3 is 6.09 Å². The zero-order chi connectivity index (χ0) is 12.3. The van der Waals surface area contributed by atoms with Crippen molar-refractivity contribution in [3.63, 3.8) is 0 Å². The van der Waals surface area contributed by atoms with Gasteiger partial charge in [0.1, 0.15) is 0 Å². The first-order chi connectivity index (χ1) is 8.20. The summed E-state index contributed by atoms with van der Waals surface area (Å²) < 4.78 is 4.74. The number of nitrogens with two attached hydrogens (primary N) is 1. The summed E-state index contributed by atoms with van der Waals surface area (Å²) in [5.41, 5.74) is 5.91. The zero-order valence-electron chi connectivity index (χ0n) is 10.6. The molecule has 0 unspecified atom stereocenters. The Bertz CT molecular complexity index is 256. The molecule has 2 saturated heterocycles. The number of amides is 1. The Labute approximate surface area is 103 Å². The van der Waals surface area contributed by atoms with E-state index in [4.69, 9.17) is 10.5 Å². The summed E-state index contributed by atoms with van der Waals surface area (Å²) in [7, 11) is 1.44. The number of piperidine rings is 2. The van der Waals surface area contributed by atoms with Crippen LogP contribution in [-0.4, -0.2) is 61.3 Å². The summed E-state index contributed by atoms with van der Waals surface area (Å²) in [5.74, 6) is 0. The Kier molecular flexibility index (Phi) is 4.23. The Morgan fingerprint density at radius 3 is 2.24 bits per heavy atom. The summed E-state index contributed by atoms with van der Waals surface area (Å²) in [4.78, 5) is 15.7. The maximum Gasteiger partial charge on any atom is 0.409 e. The number of ether oxygens (including phenoxy) is 1. The molecule has 2 fully saturated rings. The lowest BCUT2D eigenvalue weighted by molar-refractivity contribution is 0.0738. The monoisotopic (exact) mass is 241 g/mol. The second kappa shape index (κ2) is 5.69. The number of carbonyl (C=O) groups is 1. The Morgan fingerprint density at radius 2 is 1.71 bits per heavy atom. The first kappa shape index (κ1) is 12.6. The molecule has 0 atom stereocenters. The average Bonchev–Trinajstić information content (AvgIpc) is 2.39. The van der Waals surface area contributed by atoms with E-state index in [0.717, 1.165) is 51.9 Å². The van der Waals surface area contributed by atoms with Crippen molar-refractivity contribution in [3.8, 4) is 0 Å². The van der Waals surface area contributed by atoms with Crippen molar-refractivity contribution >= 4 is 6.09 Å². The quantitative estimate of drug-likeness (QED) is 0.732. The Morgan fingerprint density at radius 1 is 1.12 bits per heavy atom. The minimum atomic E-state index is -0.191. The molecule has 17 heavy (non-hydrogen) atoms. The highest BCUT2D eigenvalue weighted by Gasteiger charge is 2.28. The molecule has 0 aliphatic carbocycles. The molecule has 0 radical (unpaired) electrons. The van der Waals surface area contributed by atoms with Gasteiger partial charge in [0.2, 0.25) is 0 Å². The second-order valence-electron chi connectivity index (χ2n) is 5.06. The average molecular weight is 241 g/mol. The van der Waals surface area contributed by atoms with Gasteiger partial charge in [-0.15, -0.1) is 0 Å². The summed E-state index contributed by atoms with van der Waals surface area (Å²) in [6.07, 6.45) is 4.15. The van der Waals surface area contributed by atoms with E-state index >= 15 is 0 Å². The number of nitrogens with zero attached hydrogens (tertiary/aromatic N) is 2. The molecule has 2 N–H and O–H groups in total. The first-order valence-electron chi connectivity index (χ1n) is 6.53. The van der Waals surface area contributed by atoms with Crippen LogP contribution in [0.2, 0.25) is 0 Å². The lowest BCUT2D eigenvalue weighted by Gasteiger charge is -2.40. The van der Waals surface area contributed by atoms with Gasteiger partial charge in [-0.05, 0) is 38.8 Å². The lowest BCUT2D eigenvalue weighted by atomic mass is 9.98. The second-order valence-corrected chi connectivity index (χ2v) is 5.06. The normalized spacial score (nSPS) is 24.9. The number of carbonyl (C=O) groups excluding carboxylic acids is 1. The SMILES string of the molecule is COC(=O)N1CCC(N2CCC(N)CC2)CC1. The predicted molar refractivity (Wildman–Crippen MR) is 65.8 cm³/mol. The van der Waals surface area contributed by atoms with E-state index in [0.29, 0.717) is 12.1 Å². The van der Waals surface area contributed by atoms with Crippen LogP contribution in [0.5, 0.6) is 0 Å². The zero-order valence-corrected chi connectivity index (χ0v) is 10.6. The highest BCUT2D eigenvalue weighted by Crippen LogP contribution is 2.20. The van der Waals surface area contributed by atoms with Crippen molar-refractivity contribution < 1.29 is 9.53 Å². The van der Waals surface area contributed by atoms with Gasteiger partial charge in [0.05, 0.1) is 7.11 Å². The molecule has 0 aromatic heterocycles. The molecule has 5 heteroatoms. The van der Waals surface area contributed by atoms with Crippen molar-refractivity contribution in [2.45, 2.75) is 37.8 Å². The summed E-state index contributed by atoms with van der Waals surface area (Å²) in [6, 6.07) is 1.02. The third-order valence-corrected chi connectivity index (χ3v) is 3.99.